The third-order valence-corrected chi connectivity index (χ3v) is 4.73. The van der Waals surface area contributed by atoms with Gasteiger partial charge in [-0.2, -0.15) is 0 Å². The van der Waals surface area contributed by atoms with Crippen LogP contribution in [0.4, 0.5) is 0 Å². The minimum atomic E-state index is -0.362. The van der Waals surface area contributed by atoms with Crippen LogP contribution in [0.15, 0.2) is 41.3 Å². The molecule has 0 aliphatic carbocycles. The topological polar surface area (TPSA) is 45.5 Å². The molecule has 0 amide bonds. The average Bonchev–Trinajstić information content (AvgIpc) is 2.57. The third-order valence-electron chi connectivity index (χ3n) is 4.36. The maximum Gasteiger partial charge on any atom is 0.293 e. The SMILES string of the molecule is O=c1c(O)c(CN2CCCCC2)ccn1Cc1ccccc1Cl. The Labute approximate surface area is 140 Å². The maximum absolute atomic E-state index is 12.4. The first-order chi connectivity index (χ1) is 11.1. The van der Waals surface area contributed by atoms with Gasteiger partial charge in [0, 0.05) is 23.3 Å². The van der Waals surface area contributed by atoms with Crippen LogP contribution in [-0.2, 0) is 13.1 Å². The summed E-state index contributed by atoms with van der Waals surface area (Å²) in [5.74, 6) is -0.148. The van der Waals surface area contributed by atoms with Crippen LogP contribution in [-0.4, -0.2) is 27.7 Å². The summed E-state index contributed by atoms with van der Waals surface area (Å²) in [4.78, 5) is 14.7. The molecule has 0 bridgehead atoms. The maximum atomic E-state index is 12.4. The summed E-state index contributed by atoms with van der Waals surface area (Å²) in [5.41, 5.74) is 1.20. The van der Waals surface area contributed by atoms with Gasteiger partial charge in [0.15, 0.2) is 5.75 Å². The number of rotatable bonds is 4. The van der Waals surface area contributed by atoms with Gasteiger partial charge in [0.1, 0.15) is 0 Å². The molecular formula is C18H21ClN2O2. The number of piperidine rings is 1. The molecule has 2 heterocycles. The molecule has 5 heteroatoms. The fraction of sp³-hybridized carbons (Fsp3) is 0.389. The second-order valence-corrected chi connectivity index (χ2v) is 6.46. The lowest BCUT2D eigenvalue weighted by Crippen LogP contribution is -2.30. The molecule has 1 N–H and O–H groups in total. The Morgan fingerprint density at radius 1 is 1.00 bits per heavy atom. The molecule has 0 unspecified atom stereocenters. The van der Waals surface area contributed by atoms with Crippen molar-refractivity contribution in [3.63, 3.8) is 0 Å². The quantitative estimate of drug-likeness (QED) is 0.935. The normalized spacial score (nSPS) is 15.7. The molecule has 0 atom stereocenters. The molecule has 0 saturated carbocycles. The number of aromatic nitrogens is 1. The molecular weight excluding hydrogens is 312 g/mol. The highest BCUT2D eigenvalue weighted by atomic mass is 35.5. The van der Waals surface area contributed by atoms with Crippen LogP contribution in [0.3, 0.4) is 0 Å². The van der Waals surface area contributed by atoms with E-state index in [-0.39, 0.29) is 11.3 Å². The van der Waals surface area contributed by atoms with Gasteiger partial charge in [-0.05, 0) is 43.6 Å². The van der Waals surface area contributed by atoms with E-state index >= 15 is 0 Å². The van der Waals surface area contributed by atoms with Gasteiger partial charge in [0.2, 0.25) is 0 Å². The van der Waals surface area contributed by atoms with Crippen LogP contribution < -0.4 is 5.56 Å². The molecule has 4 nitrogen and oxygen atoms in total. The molecule has 122 valence electrons. The minimum Gasteiger partial charge on any atom is -0.503 e. The summed E-state index contributed by atoms with van der Waals surface area (Å²) < 4.78 is 1.50. The monoisotopic (exact) mass is 332 g/mol. The summed E-state index contributed by atoms with van der Waals surface area (Å²) in [6.07, 6.45) is 5.38. The van der Waals surface area contributed by atoms with Crippen molar-refractivity contribution < 1.29 is 5.11 Å². The number of hydrogen-bond acceptors (Lipinski definition) is 3. The predicted octanol–water partition coefficient (Wildman–Crippen LogP) is 3.24. The summed E-state index contributed by atoms with van der Waals surface area (Å²) in [6, 6.07) is 9.26. The molecule has 1 aliphatic rings. The van der Waals surface area contributed by atoms with E-state index in [1.807, 2.05) is 24.3 Å². The van der Waals surface area contributed by atoms with E-state index < -0.39 is 0 Å². The zero-order valence-corrected chi connectivity index (χ0v) is 13.8. The third kappa shape index (κ3) is 3.77. The van der Waals surface area contributed by atoms with Gasteiger partial charge in [-0.1, -0.05) is 36.2 Å². The highest BCUT2D eigenvalue weighted by Gasteiger charge is 2.15. The van der Waals surface area contributed by atoms with Gasteiger partial charge in [-0.3, -0.25) is 9.69 Å². The highest BCUT2D eigenvalue weighted by molar-refractivity contribution is 6.31. The fourth-order valence-electron chi connectivity index (χ4n) is 3.02. The minimum absolute atomic E-state index is 0.148. The van der Waals surface area contributed by atoms with E-state index in [0.29, 0.717) is 23.7 Å². The van der Waals surface area contributed by atoms with Crippen LogP contribution in [0, 0.1) is 0 Å². The van der Waals surface area contributed by atoms with Crippen molar-refractivity contribution in [2.45, 2.75) is 32.4 Å². The van der Waals surface area contributed by atoms with Gasteiger partial charge < -0.3 is 9.67 Å². The van der Waals surface area contributed by atoms with Crippen LogP contribution in [0.1, 0.15) is 30.4 Å². The van der Waals surface area contributed by atoms with Crippen molar-refractivity contribution in [3.05, 3.63) is 63.0 Å². The molecule has 3 rings (SSSR count). The Morgan fingerprint density at radius 2 is 1.74 bits per heavy atom. The number of aromatic hydroxyl groups is 1. The van der Waals surface area contributed by atoms with Crippen molar-refractivity contribution in [1.82, 2.24) is 9.47 Å². The molecule has 2 aromatic rings. The average molecular weight is 333 g/mol. The van der Waals surface area contributed by atoms with Crippen molar-refractivity contribution in [1.29, 1.82) is 0 Å². The lowest BCUT2D eigenvalue weighted by atomic mass is 10.1. The van der Waals surface area contributed by atoms with Gasteiger partial charge in [0.25, 0.3) is 5.56 Å². The second-order valence-electron chi connectivity index (χ2n) is 6.05. The molecule has 1 aromatic carbocycles. The van der Waals surface area contributed by atoms with E-state index in [1.165, 1.54) is 23.8 Å². The predicted molar refractivity (Wildman–Crippen MR) is 92.0 cm³/mol. The van der Waals surface area contributed by atoms with Gasteiger partial charge in [-0.25, -0.2) is 0 Å². The van der Waals surface area contributed by atoms with Crippen molar-refractivity contribution in [2.75, 3.05) is 13.1 Å². The van der Waals surface area contributed by atoms with E-state index in [9.17, 15) is 9.90 Å². The number of benzene rings is 1. The largest absolute Gasteiger partial charge is 0.503 e. The summed E-state index contributed by atoms with van der Waals surface area (Å²) in [6.45, 7) is 3.05. The lowest BCUT2D eigenvalue weighted by molar-refractivity contribution is 0.218. The molecule has 1 aliphatic heterocycles. The number of hydrogen-bond donors (Lipinski definition) is 1. The van der Waals surface area contributed by atoms with E-state index in [2.05, 4.69) is 4.90 Å². The van der Waals surface area contributed by atoms with Crippen LogP contribution in [0.2, 0.25) is 5.02 Å². The highest BCUT2D eigenvalue weighted by Crippen LogP contribution is 2.19. The zero-order valence-electron chi connectivity index (χ0n) is 13.0. The standard InChI is InChI=1S/C18H21ClN2O2/c19-16-7-3-2-6-14(16)13-21-11-8-15(17(22)18(21)23)12-20-9-4-1-5-10-20/h2-3,6-8,11,22H,1,4-5,9-10,12-13H2. The number of halogens is 1. The number of likely N-dealkylation sites (tertiary alicyclic amines) is 1. The molecule has 0 spiro atoms. The molecule has 1 aromatic heterocycles. The zero-order chi connectivity index (χ0) is 16.2. The summed E-state index contributed by atoms with van der Waals surface area (Å²) in [5, 5.41) is 10.9. The van der Waals surface area contributed by atoms with Crippen molar-refractivity contribution in [3.8, 4) is 5.75 Å². The Kier molecular flexibility index (Phi) is 5.03. The summed E-state index contributed by atoms with van der Waals surface area (Å²) in [7, 11) is 0. The Hall–Kier alpha value is -1.78. The number of pyridine rings is 1. The van der Waals surface area contributed by atoms with Gasteiger partial charge in [-0.15, -0.1) is 0 Å². The Morgan fingerprint density at radius 3 is 2.48 bits per heavy atom. The van der Waals surface area contributed by atoms with E-state index in [1.54, 1.807) is 12.3 Å². The molecule has 1 saturated heterocycles. The van der Waals surface area contributed by atoms with E-state index in [0.717, 1.165) is 18.7 Å². The van der Waals surface area contributed by atoms with E-state index in [4.69, 9.17) is 11.6 Å². The van der Waals surface area contributed by atoms with Crippen LogP contribution in [0.25, 0.3) is 0 Å². The molecule has 23 heavy (non-hydrogen) atoms. The second kappa shape index (κ2) is 7.20. The van der Waals surface area contributed by atoms with Crippen LogP contribution >= 0.6 is 11.6 Å². The number of nitrogens with zero attached hydrogens (tertiary/aromatic N) is 2. The first-order valence-corrected chi connectivity index (χ1v) is 8.40. The fourth-order valence-corrected chi connectivity index (χ4v) is 3.22. The van der Waals surface area contributed by atoms with Crippen LogP contribution in [0.5, 0.6) is 5.75 Å². The first kappa shape index (κ1) is 16.1. The Bertz CT molecular complexity index is 736. The Balaban J connectivity index is 1.80. The summed E-state index contributed by atoms with van der Waals surface area (Å²) >= 11 is 6.14. The van der Waals surface area contributed by atoms with Crippen molar-refractivity contribution >= 4 is 11.6 Å². The first-order valence-electron chi connectivity index (χ1n) is 8.02. The molecule has 1 fully saturated rings. The molecule has 0 radical (unpaired) electrons. The smallest absolute Gasteiger partial charge is 0.293 e. The van der Waals surface area contributed by atoms with Gasteiger partial charge >= 0.3 is 0 Å². The van der Waals surface area contributed by atoms with Crippen molar-refractivity contribution in [2.24, 2.45) is 0 Å². The lowest BCUT2D eigenvalue weighted by Gasteiger charge is -2.26. The van der Waals surface area contributed by atoms with Gasteiger partial charge in [0.05, 0.1) is 6.54 Å².